The standard InChI is InChI=1S/C17H18F3N/c1-10-6-11(2)17(15(20)7-10)16(21-3)9-12-4-5-13(18)14(19)8-12/h4-8,16,21H,9H2,1-3H3. The van der Waals surface area contributed by atoms with Crippen molar-refractivity contribution in [2.75, 3.05) is 7.05 Å². The van der Waals surface area contributed by atoms with Gasteiger partial charge in [-0.3, -0.25) is 0 Å². The summed E-state index contributed by atoms with van der Waals surface area (Å²) in [4.78, 5) is 0. The van der Waals surface area contributed by atoms with Gasteiger partial charge in [-0.05, 0) is 62.2 Å². The lowest BCUT2D eigenvalue weighted by atomic mass is 9.93. The molecule has 0 bridgehead atoms. The summed E-state index contributed by atoms with van der Waals surface area (Å²) in [5, 5.41) is 3.05. The maximum Gasteiger partial charge on any atom is 0.159 e. The molecule has 0 aliphatic heterocycles. The molecule has 1 atom stereocenters. The third-order valence-corrected chi connectivity index (χ3v) is 3.60. The fraction of sp³-hybridized carbons (Fsp3) is 0.294. The average molecular weight is 293 g/mol. The van der Waals surface area contributed by atoms with E-state index >= 15 is 0 Å². The van der Waals surface area contributed by atoms with E-state index < -0.39 is 11.6 Å². The van der Waals surface area contributed by atoms with Gasteiger partial charge in [-0.1, -0.05) is 12.1 Å². The second kappa shape index (κ2) is 6.31. The van der Waals surface area contributed by atoms with Crippen LogP contribution >= 0.6 is 0 Å². The number of hydrogen-bond acceptors (Lipinski definition) is 1. The van der Waals surface area contributed by atoms with Crippen LogP contribution < -0.4 is 5.32 Å². The molecule has 2 aromatic carbocycles. The molecule has 0 spiro atoms. The molecule has 0 aliphatic carbocycles. The Morgan fingerprint density at radius 1 is 0.952 bits per heavy atom. The molecule has 112 valence electrons. The molecule has 0 heterocycles. The Labute approximate surface area is 122 Å². The molecular weight excluding hydrogens is 275 g/mol. The topological polar surface area (TPSA) is 12.0 Å². The average Bonchev–Trinajstić information content (AvgIpc) is 2.40. The molecule has 1 unspecified atom stereocenters. The van der Waals surface area contributed by atoms with Crippen molar-refractivity contribution < 1.29 is 13.2 Å². The first-order chi connectivity index (χ1) is 9.92. The Kier molecular flexibility index (Phi) is 4.68. The zero-order valence-electron chi connectivity index (χ0n) is 12.3. The Morgan fingerprint density at radius 3 is 2.24 bits per heavy atom. The highest BCUT2D eigenvalue weighted by molar-refractivity contribution is 5.35. The fourth-order valence-corrected chi connectivity index (χ4v) is 2.62. The largest absolute Gasteiger partial charge is 0.313 e. The van der Waals surface area contributed by atoms with E-state index in [0.29, 0.717) is 17.5 Å². The van der Waals surface area contributed by atoms with Gasteiger partial charge in [0.05, 0.1) is 0 Å². The molecule has 4 heteroatoms. The van der Waals surface area contributed by atoms with Gasteiger partial charge in [-0.2, -0.15) is 0 Å². The van der Waals surface area contributed by atoms with E-state index in [-0.39, 0.29) is 11.9 Å². The summed E-state index contributed by atoms with van der Waals surface area (Å²) in [6.45, 7) is 3.69. The van der Waals surface area contributed by atoms with Crippen LogP contribution in [0.5, 0.6) is 0 Å². The van der Waals surface area contributed by atoms with Gasteiger partial charge in [0.1, 0.15) is 5.82 Å². The highest BCUT2D eigenvalue weighted by atomic mass is 19.2. The molecule has 0 aliphatic rings. The lowest BCUT2D eigenvalue weighted by Gasteiger charge is -2.20. The summed E-state index contributed by atoms with van der Waals surface area (Å²) in [5.41, 5.74) is 2.88. The van der Waals surface area contributed by atoms with E-state index in [4.69, 9.17) is 0 Å². The first-order valence-electron chi connectivity index (χ1n) is 6.80. The minimum absolute atomic E-state index is 0.283. The maximum absolute atomic E-state index is 14.2. The van der Waals surface area contributed by atoms with Crippen LogP contribution in [0, 0.1) is 31.3 Å². The van der Waals surface area contributed by atoms with Gasteiger partial charge in [-0.15, -0.1) is 0 Å². The van der Waals surface area contributed by atoms with Gasteiger partial charge in [0.15, 0.2) is 11.6 Å². The predicted molar refractivity (Wildman–Crippen MR) is 77.7 cm³/mol. The van der Waals surface area contributed by atoms with Crippen molar-refractivity contribution in [1.29, 1.82) is 0 Å². The van der Waals surface area contributed by atoms with E-state index in [0.717, 1.165) is 23.3 Å². The first kappa shape index (κ1) is 15.6. The van der Waals surface area contributed by atoms with Gasteiger partial charge in [0.25, 0.3) is 0 Å². The van der Waals surface area contributed by atoms with Crippen molar-refractivity contribution in [1.82, 2.24) is 5.32 Å². The molecule has 0 amide bonds. The van der Waals surface area contributed by atoms with E-state index in [1.54, 1.807) is 7.05 Å². The summed E-state index contributed by atoms with van der Waals surface area (Å²) in [6, 6.07) is 6.86. The SMILES string of the molecule is CNC(Cc1ccc(F)c(F)c1)c1c(C)cc(C)cc1F. The molecule has 0 saturated heterocycles. The lowest BCUT2D eigenvalue weighted by Crippen LogP contribution is -2.21. The van der Waals surface area contributed by atoms with Crippen molar-refractivity contribution in [2.45, 2.75) is 26.3 Å². The number of likely N-dealkylation sites (N-methyl/N-ethyl adjacent to an activating group) is 1. The normalized spacial score (nSPS) is 12.5. The number of benzene rings is 2. The second-order valence-corrected chi connectivity index (χ2v) is 5.27. The first-order valence-corrected chi connectivity index (χ1v) is 6.80. The lowest BCUT2D eigenvalue weighted by molar-refractivity contribution is 0.501. The van der Waals surface area contributed by atoms with Crippen molar-refractivity contribution in [3.63, 3.8) is 0 Å². The predicted octanol–water partition coefficient (Wildman–Crippen LogP) is 4.22. The van der Waals surface area contributed by atoms with Gasteiger partial charge >= 0.3 is 0 Å². The highest BCUT2D eigenvalue weighted by Crippen LogP contribution is 2.26. The van der Waals surface area contributed by atoms with Crippen LogP contribution in [0.3, 0.4) is 0 Å². The molecule has 0 saturated carbocycles. The van der Waals surface area contributed by atoms with Crippen LogP contribution in [0.25, 0.3) is 0 Å². The van der Waals surface area contributed by atoms with Gasteiger partial charge in [-0.25, -0.2) is 13.2 Å². The summed E-state index contributed by atoms with van der Waals surface area (Å²) in [7, 11) is 1.73. The van der Waals surface area contributed by atoms with Crippen LogP contribution in [0.2, 0.25) is 0 Å². The van der Waals surface area contributed by atoms with Crippen LogP contribution in [-0.2, 0) is 6.42 Å². The Hall–Kier alpha value is -1.81. The molecule has 2 aromatic rings. The summed E-state index contributed by atoms with van der Waals surface area (Å²) < 4.78 is 40.5. The second-order valence-electron chi connectivity index (χ2n) is 5.27. The molecular formula is C17H18F3N. The molecule has 1 N–H and O–H groups in total. The minimum atomic E-state index is -0.886. The summed E-state index contributed by atoms with van der Waals surface area (Å²) in [5.74, 6) is -2.05. The Balaban J connectivity index is 2.34. The molecule has 0 aromatic heterocycles. The molecule has 2 rings (SSSR count). The third kappa shape index (κ3) is 3.45. The Bertz CT molecular complexity index is 629. The van der Waals surface area contributed by atoms with Crippen molar-refractivity contribution >= 4 is 0 Å². The number of aryl methyl sites for hydroxylation is 2. The highest BCUT2D eigenvalue weighted by Gasteiger charge is 2.18. The van der Waals surface area contributed by atoms with Gasteiger partial charge in [0, 0.05) is 11.6 Å². The van der Waals surface area contributed by atoms with Crippen LogP contribution in [0.1, 0.15) is 28.3 Å². The van der Waals surface area contributed by atoms with Gasteiger partial charge in [0.2, 0.25) is 0 Å². The minimum Gasteiger partial charge on any atom is -0.313 e. The fourth-order valence-electron chi connectivity index (χ4n) is 2.62. The van der Waals surface area contributed by atoms with Crippen molar-refractivity contribution in [2.24, 2.45) is 0 Å². The van der Waals surface area contributed by atoms with E-state index in [2.05, 4.69) is 5.32 Å². The zero-order valence-corrected chi connectivity index (χ0v) is 12.3. The maximum atomic E-state index is 14.2. The van der Waals surface area contributed by atoms with E-state index in [1.807, 2.05) is 19.9 Å². The number of rotatable bonds is 4. The number of hydrogen-bond donors (Lipinski definition) is 1. The Morgan fingerprint density at radius 2 is 1.67 bits per heavy atom. The molecule has 1 nitrogen and oxygen atoms in total. The summed E-state index contributed by atoms with van der Waals surface area (Å²) in [6.07, 6.45) is 0.383. The number of nitrogens with one attached hydrogen (secondary N) is 1. The van der Waals surface area contributed by atoms with E-state index in [9.17, 15) is 13.2 Å². The zero-order chi connectivity index (χ0) is 15.6. The monoisotopic (exact) mass is 293 g/mol. The van der Waals surface area contributed by atoms with Gasteiger partial charge < -0.3 is 5.32 Å². The van der Waals surface area contributed by atoms with Crippen molar-refractivity contribution in [3.8, 4) is 0 Å². The molecule has 21 heavy (non-hydrogen) atoms. The quantitative estimate of drug-likeness (QED) is 0.890. The smallest absolute Gasteiger partial charge is 0.159 e. The molecule has 0 radical (unpaired) electrons. The van der Waals surface area contributed by atoms with E-state index in [1.165, 1.54) is 12.1 Å². The molecule has 0 fully saturated rings. The summed E-state index contributed by atoms with van der Waals surface area (Å²) >= 11 is 0. The third-order valence-electron chi connectivity index (χ3n) is 3.60. The van der Waals surface area contributed by atoms with Crippen LogP contribution in [0.15, 0.2) is 30.3 Å². The van der Waals surface area contributed by atoms with Crippen LogP contribution in [-0.4, -0.2) is 7.05 Å². The van der Waals surface area contributed by atoms with Crippen molar-refractivity contribution in [3.05, 3.63) is 70.0 Å². The van der Waals surface area contributed by atoms with Crippen LogP contribution in [0.4, 0.5) is 13.2 Å². The number of halogens is 3.